The number of hydrogen-bond acceptors (Lipinski definition) is 5. The predicted molar refractivity (Wildman–Crippen MR) is 95.3 cm³/mol. The van der Waals surface area contributed by atoms with Crippen LogP contribution < -0.4 is 5.32 Å². The van der Waals surface area contributed by atoms with Gasteiger partial charge in [0.05, 0.1) is 18.4 Å². The lowest BCUT2D eigenvalue weighted by Crippen LogP contribution is -2.54. The number of halogens is 2. The lowest BCUT2D eigenvalue weighted by molar-refractivity contribution is -0.163. The molecule has 5 nitrogen and oxygen atoms in total. The van der Waals surface area contributed by atoms with Gasteiger partial charge in [-0.15, -0.1) is 0 Å². The number of alkyl halides is 1. The van der Waals surface area contributed by atoms with Crippen LogP contribution in [0.15, 0.2) is 23.6 Å². The fraction of sp³-hybridized carbons (Fsp3) is 0.765. The van der Waals surface area contributed by atoms with E-state index in [1.807, 2.05) is 38.7 Å². The van der Waals surface area contributed by atoms with Crippen LogP contribution in [0.2, 0.25) is 0 Å². The second kappa shape index (κ2) is 8.87. The van der Waals surface area contributed by atoms with Gasteiger partial charge in [0.25, 0.3) is 0 Å². The van der Waals surface area contributed by atoms with Crippen molar-refractivity contribution < 1.29 is 18.6 Å². The molecule has 7 heteroatoms. The molecule has 24 heavy (non-hydrogen) atoms. The van der Waals surface area contributed by atoms with E-state index in [9.17, 15) is 4.39 Å². The van der Waals surface area contributed by atoms with Crippen LogP contribution >= 0.6 is 15.9 Å². The van der Waals surface area contributed by atoms with Gasteiger partial charge in [0.1, 0.15) is 26.1 Å². The number of nitrogens with one attached hydrogen (secondary N) is 1. The molecule has 0 spiro atoms. The summed E-state index contributed by atoms with van der Waals surface area (Å²) in [5.41, 5.74) is 0.461. The summed E-state index contributed by atoms with van der Waals surface area (Å²) in [7, 11) is 0. The van der Waals surface area contributed by atoms with E-state index in [0.29, 0.717) is 31.0 Å². The van der Waals surface area contributed by atoms with Crippen LogP contribution in [0.1, 0.15) is 27.7 Å². The summed E-state index contributed by atoms with van der Waals surface area (Å²) in [5, 5.41) is 3.97. The van der Waals surface area contributed by atoms with E-state index < -0.39 is 0 Å². The first-order valence-electron chi connectivity index (χ1n) is 8.24. The topological polar surface area (TPSA) is 43.0 Å². The largest absolute Gasteiger partial charge is 0.365 e. The summed E-state index contributed by atoms with van der Waals surface area (Å²) >= 11 is 3.33. The monoisotopic (exact) mass is 406 g/mol. The molecule has 2 rings (SSSR count). The van der Waals surface area contributed by atoms with Gasteiger partial charge >= 0.3 is 0 Å². The third-order valence-electron chi connectivity index (χ3n) is 4.03. The Bertz CT molecular complexity index is 479. The molecule has 1 heterocycles. The number of nitrogens with zero attached hydrogens (tertiary/aromatic N) is 1. The normalized spacial score (nSPS) is 29.3. The molecule has 1 fully saturated rings. The van der Waals surface area contributed by atoms with Crippen molar-refractivity contribution in [2.24, 2.45) is 5.92 Å². The first-order valence-corrected chi connectivity index (χ1v) is 9.36. The molecule has 138 valence electrons. The minimum atomic E-state index is -0.228. The first kappa shape index (κ1) is 20.0. The molecule has 1 N–H and O–H groups in total. The van der Waals surface area contributed by atoms with Crippen LogP contribution in [0.3, 0.4) is 0 Å². The van der Waals surface area contributed by atoms with Gasteiger partial charge in [-0.05, 0) is 39.3 Å². The van der Waals surface area contributed by atoms with Crippen LogP contribution in [0.25, 0.3) is 0 Å². The van der Waals surface area contributed by atoms with E-state index in [2.05, 4.69) is 21.2 Å². The van der Waals surface area contributed by atoms with Crippen LogP contribution in [0.5, 0.6) is 0 Å². The number of allylic oxidation sites excluding steroid dienone is 2. The standard InChI is InChI=1S/C17H28BrFN2O3/c1-12-20-16-6-15(19)13(7-18)5-14(16)8-22-9-21(12)10-23-11-24-17(2,3)4/h5-6,12,14,16,20H,7-11H2,1-4H3. The Morgan fingerprint density at radius 3 is 2.83 bits per heavy atom. The lowest BCUT2D eigenvalue weighted by Gasteiger charge is -2.38. The zero-order valence-electron chi connectivity index (χ0n) is 14.9. The molecule has 0 aromatic heterocycles. The van der Waals surface area contributed by atoms with Crippen molar-refractivity contribution in [1.29, 1.82) is 0 Å². The van der Waals surface area contributed by atoms with Gasteiger partial charge in [-0.25, -0.2) is 9.29 Å². The highest BCUT2D eigenvalue weighted by Crippen LogP contribution is 2.27. The highest BCUT2D eigenvalue weighted by atomic mass is 79.9. The molecule has 0 aromatic carbocycles. The fourth-order valence-corrected chi connectivity index (χ4v) is 3.04. The van der Waals surface area contributed by atoms with Gasteiger partial charge in [0.15, 0.2) is 0 Å². The molecular weight excluding hydrogens is 379 g/mol. The van der Waals surface area contributed by atoms with Crippen molar-refractivity contribution in [3.63, 3.8) is 0 Å². The summed E-state index contributed by atoms with van der Waals surface area (Å²) in [6.45, 7) is 9.59. The lowest BCUT2D eigenvalue weighted by atomic mass is 9.91. The molecule has 3 unspecified atom stereocenters. The Hall–Kier alpha value is -0.310. The highest BCUT2D eigenvalue weighted by Gasteiger charge is 2.30. The van der Waals surface area contributed by atoms with Crippen molar-refractivity contribution >= 4 is 15.9 Å². The minimum Gasteiger partial charge on any atom is -0.365 e. The number of ether oxygens (including phenoxy) is 3. The molecule has 0 amide bonds. The Morgan fingerprint density at radius 2 is 2.17 bits per heavy atom. The fourth-order valence-electron chi connectivity index (χ4n) is 2.59. The number of hydrogen-bond donors (Lipinski definition) is 1. The average molecular weight is 407 g/mol. The maximum absolute atomic E-state index is 14.1. The van der Waals surface area contributed by atoms with Crippen LogP contribution in [0.4, 0.5) is 4.39 Å². The third-order valence-corrected chi connectivity index (χ3v) is 4.64. The average Bonchev–Trinajstić information content (AvgIpc) is 2.48. The second-order valence-corrected chi connectivity index (χ2v) is 7.73. The molecule has 1 aliphatic carbocycles. The third kappa shape index (κ3) is 5.89. The van der Waals surface area contributed by atoms with E-state index in [-0.39, 0.29) is 36.3 Å². The summed E-state index contributed by atoms with van der Waals surface area (Å²) in [4.78, 5) is 2.01. The highest BCUT2D eigenvalue weighted by molar-refractivity contribution is 9.09. The molecule has 0 radical (unpaired) electrons. The smallest absolute Gasteiger partial charge is 0.149 e. The van der Waals surface area contributed by atoms with Gasteiger partial charge in [-0.3, -0.25) is 5.32 Å². The van der Waals surface area contributed by atoms with Crippen molar-refractivity contribution in [3.8, 4) is 0 Å². The van der Waals surface area contributed by atoms with Crippen molar-refractivity contribution in [2.75, 3.05) is 32.2 Å². The molecule has 0 saturated carbocycles. The van der Waals surface area contributed by atoms with Gasteiger partial charge in [-0.1, -0.05) is 22.0 Å². The Kier molecular flexibility index (Phi) is 7.39. The summed E-state index contributed by atoms with van der Waals surface area (Å²) in [6, 6.07) is -0.0866. The van der Waals surface area contributed by atoms with E-state index in [4.69, 9.17) is 14.2 Å². The van der Waals surface area contributed by atoms with E-state index >= 15 is 0 Å². The molecule has 0 aromatic rings. The maximum Gasteiger partial charge on any atom is 0.149 e. The summed E-state index contributed by atoms with van der Waals surface area (Å²) < 4.78 is 31.0. The predicted octanol–water partition coefficient (Wildman–Crippen LogP) is 3.13. The van der Waals surface area contributed by atoms with Gasteiger partial charge in [-0.2, -0.15) is 0 Å². The molecule has 2 aliphatic rings. The SMILES string of the molecule is CC1NC2C=C(F)C(CBr)=CC2COCN1COCOC(C)(C)C. The quantitative estimate of drug-likeness (QED) is 0.431. The summed E-state index contributed by atoms with van der Waals surface area (Å²) in [5.74, 6) is -0.0402. The first-order chi connectivity index (χ1) is 11.3. The zero-order valence-corrected chi connectivity index (χ0v) is 16.4. The maximum atomic E-state index is 14.1. The van der Waals surface area contributed by atoms with Crippen LogP contribution in [-0.2, 0) is 14.2 Å². The second-order valence-electron chi connectivity index (χ2n) is 7.17. The Balaban J connectivity index is 1.88. The van der Waals surface area contributed by atoms with E-state index in [1.54, 1.807) is 6.08 Å². The summed E-state index contributed by atoms with van der Waals surface area (Å²) in [6.07, 6.45) is 3.60. The molecule has 0 bridgehead atoms. The molecular formula is C17H28BrFN2O3. The van der Waals surface area contributed by atoms with Crippen molar-refractivity contribution in [2.45, 2.75) is 45.5 Å². The van der Waals surface area contributed by atoms with Crippen molar-refractivity contribution in [3.05, 3.63) is 23.6 Å². The molecule has 3 atom stereocenters. The van der Waals surface area contributed by atoms with E-state index in [1.165, 1.54) is 0 Å². The van der Waals surface area contributed by atoms with Crippen LogP contribution in [-0.4, -0.2) is 54.9 Å². The Morgan fingerprint density at radius 1 is 1.42 bits per heavy atom. The minimum absolute atomic E-state index is 0.00425. The Labute approximate surface area is 152 Å². The number of rotatable bonds is 5. The zero-order chi connectivity index (χ0) is 17.7. The van der Waals surface area contributed by atoms with E-state index in [0.717, 1.165) is 0 Å². The molecule has 1 aliphatic heterocycles. The van der Waals surface area contributed by atoms with Gasteiger partial charge in [0.2, 0.25) is 0 Å². The molecule has 1 saturated heterocycles. The van der Waals surface area contributed by atoms with Crippen molar-refractivity contribution in [1.82, 2.24) is 10.2 Å². The van der Waals surface area contributed by atoms with Gasteiger partial charge in [0, 0.05) is 17.3 Å². The van der Waals surface area contributed by atoms with Gasteiger partial charge < -0.3 is 14.2 Å². The number of fused-ring (bicyclic) bond motifs is 1. The van der Waals surface area contributed by atoms with Crippen LogP contribution in [0, 0.1) is 5.92 Å².